The summed E-state index contributed by atoms with van der Waals surface area (Å²) in [5.74, 6) is -0.687. The van der Waals surface area contributed by atoms with Gasteiger partial charge in [-0.3, -0.25) is 0 Å². The summed E-state index contributed by atoms with van der Waals surface area (Å²) in [5, 5.41) is 9.06. The fourth-order valence-electron chi connectivity index (χ4n) is 1.90. The van der Waals surface area contributed by atoms with Gasteiger partial charge in [0.25, 0.3) is 0 Å². The Morgan fingerprint density at radius 3 is 2.62 bits per heavy atom. The van der Waals surface area contributed by atoms with Crippen LogP contribution in [-0.4, -0.2) is 19.5 Å². The average molecular weight is 309 g/mol. The Labute approximate surface area is 122 Å². The van der Waals surface area contributed by atoms with Crippen LogP contribution < -0.4 is 4.72 Å². The lowest BCUT2D eigenvalue weighted by molar-refractivity contribution is 0.0696. The molecule has 0 fully saturated rings. The van der Waals surface area contributed by atoms with Crippen LogP contribution in [0.2, 0.25) is 0 Å². The number of carbonyl (C=O) groups is 1. The van der Waals surface area contributed by atoms with Gasteiger partial charge in [0.2, 0.25) is 10.0 Å². The molecule has 0 saturated carbocycles. The first-order valence-corrected chi connectivity index (χ1v) is 7.69. The standard InChI is InChI=1S/C14H15NO5S/c1-9-5-6-11(8-12(9)14(16)17)21(18,19)15-10(2)13-4-3-7-20-13/h3-8,10,15H,1-2H3,(H,16,17)/t10-/m0/s1. The molecule has 1 aromatic carbocycles. The number of carboxylic acid groups (broad SMARTS) is 1. The molecule has 7 heteroatoms. The second-order valence-corrected chi connectivity index (χ2v) is 6.35. The number of hydrogen-bond donors (Lipinski definition) is 2. The zero-order valence-electron chi connectivity index (χ0n) is 11.5. The van der Waals surface area contributed by atoms with Gasteiger partial charge >= 0.3 is 5.97 Å². The highest BCUT2D eigenvalue weighted by atomic mass is 32.2. The van der Waals surface area contributed by atoms with Crippen molar-refractivity contribution in [3.63, 3.8) is 0 Å². The molecule has 0 unspecified atom stereocenters. The second kappa shape index (κ2) is 5.71. The van der Waals surface area contributed by atoms with E-state index in [2.05, 4.69) is 4.72 Å². The number of aromatic carboxylic acids is 1. The van der Waals surface area contributed by atoms with Gasteiger partial charge in [0.1, 0.15) is 5.76 Å². The summed E-state index contributed by atoms with van der Waals surface area (Å²) >= 11 is 0. The number of aryl methyl sites for hydroxylation is 1. The first-order chi connectivity index (χ1) is 9.81. The summed E-state index contributed by atoms with van der Waals surface area (Å²) in [7, 11) is -3.83. The van der Waals surface area contributed by atoms with Gasteiger partial charge in [0, 0.05) is 0 Å². The van der Waals surface area contributed by atoms with Gasteiger partial charge in [-0.1, -0.05) is 6.07 Å². The normalized spacial score (nSPS) is 13.0. The van der Waals surface area contributed by atoms with Crippen LogP contribution in [-0.2, 0) is 10.0 Å². The molecule has 0 radical (unpaired) electrons. The van der Waals surface area contributed by atoms with Crippen molar-refractivity contribution in [3.8, 4) is 0 Å². The van der Waals surface area contributed by atoms with Crippen molar-refractivity contribution in [1.29, 1.82) is 0 Å². The monoisotopic (exact) mass is 309 g/mol. The summed E-state index contributed by atoms with van der Waals surface area (Å²) in [6.45, 7) is 3.25. The number of sulfonamides is 1. The van der Waals surface area contributed by atoms with Crippen LogP contribution >= 0.6 is 0 Å². The van der Waals surface area contributed by atoms with Crippen LogP contribution in [0.15, 0.2) is 45.9 Å². The van der Waals surface area contributed by atoms with Crippen LogP contribution in [0.3, 0.4) is 0 Å². The first-order valence-electron chi connectivity index (χ1n) is 6.21. The SMILES string of the molecule is Cc1ccc(S(=O)(=O)N[C@@H](C)c2ccco2)cc1C(=O)O. The Morgan fingerprint density at radius 1 is 1.33 bits per heavy atom. The predicted molar refractivity (Wildman–Crippen MR) is 75.6 cm³/mol. The van der Waals surface area contributed by atoms with Crippen molar-refractivity contribution >= 4 is 16.0 Å². The Bertz CT molecular complexity index is 750. The third-order valence-electron chi connectivity index (χ3n) is 3.05. The van der Waals surface area contributed by atoms with Crippen LogP contribution in [0.4, 0.5) is 0 Å². The van der Waals surface area contributed by atoms with Crippen LogP contribution in [0, 0.1) is 6.92 Å². The maximum absolute atomic E-state index is 12.3. The first kappa shape index (κ1) is 15.3. The van der Waals surface area contributed by atoms with Crippen molar-refractivity contribution in [2.75, 3.05) is 0 Å². The minimum atomic E-state index is -3.83. The molecule has 1 aromatic heterocycles. The summed E-state index contributed by atoms with van der Waals surface area (Å²) in [6, 6.07) is 6.75. The summed E-state index contributed by atoms with van der Waals surface area (Å²) in [4.78, 5) is 11.0. The van der Waals surface area contributed by atoms with E-state index in [0.717, 1.165) is 6.07 Å². The molecule has 2 aromatic rings. The molecule has 0 aliphatic carbocycles. The van der Waals surface area contributed by atoms with Crippen LogP contribution in [0.1, 0.15) is 34.6 Å². The van der Waals surface area contributed by atoms with E-state index in [-0.39, 0.29) is 10.5 Å². The highest BCUT2D eigenvalue weighted by molar-refractivity contribution is 7.89. The van der Waals surface area contributed by atoms with E-state index in [1.807, 2.05) is 0 Å². The van der Waals surface area contributed by atoms with Gasteiger partial charge in [-0.05, 0) is 43.7 Å². The molecule has 1 atom stereocenters. The lowest BCUT2D eigenvalue weighted by Gasteiger charge is -2.13. The summed E-state index contributed by atoms with van der Waals surface area (Å²) < 4.78 is 32.1. The topological polar surface area (TPSA) is 96.6 Å². The molecular formula is C14H15NO5S. The minimum Gasteiger partial charge on any atom is -0.478 e. The third kappa shape index (κ3) is 3.32. The number of nitrogens with one attached hydrogen (secondary N) is 1. The van der Waals surface area contributed by atoms with Crippen LogP contribution in [0.5, 0.6) is 0 Å². The quantitative estimate of drug-likeness (QED) is 0.883. The van der Waals surface area contributed by atoms with Gasteiger partial charge in [-0.25, -0.2) is 17.9 Å². The molecule has 1 heterocycles. The van der Waals surface area contributed by atoms with E-state index >= 15 is 0 Å². The molecule has 0 aliphatic rings. The fraction of sp³-hybridized carbons (Fsp3) is 0.214. The van der Waals surface area contributed by atoms with Crippen LogP contribution in [0.25, 0.3) is 0 Å². The molecule has 0 spiro atoms. The number of hydrogen-bond acceptors (Lipinski definition) is 4. The predicted octanol–water partition coefficient (Wildman–Crippen LogP) is 2.33. The highest BCUT2D eigenvalue weighted by Crippen LogP contribution is 2.19. The lowest BCUT2D eigenvalue weighted by atomic mass is 10.1. The van der Waals surface area contributed by atoms with Gasteiger partial charge in [-0.15, -0.1) is 0 Å². The average Bonchev–Trinajstić information content (AvgIpc) is 2.92. The molecule has 0 aliphatic heterocycles. The molecule has 0 saturated heterocycles. The van der Waals surface area contributed by atoms with Gasteiger partial charge < -0.3 is 9.52 Å². The molecule has 0 amide bonds. The smallest absolute Gasteiger partial charge is 0.335 e. The second-order valence-electron chi connectivity index (χ2n) is 4.64. The van der Waals surface area contributed by atoms with Crippen molar-refractivity contribution in [1.82, 2.24) is 4.72 Å². The Balaban J connectivity index is 2.32. The van der Waals surface area contributed by atoms with Gasteiger partial charge in [0.15, 0.2) is 0 Å². The maximum Gasteiger partial charge on any atom is 0.335 e. The van der Waals surface area contributed by atoms with Crippen molar-refractivity contribution in [2.45, 2.75) is 24.8 Å². The number of rotatable bonds is 5. The molecule has 21 heavy (non-hydrogen) atoms. The van der Waals surface area contributed by atoms with E-state index in [1.165, 1.54) is 18.4 Å². The number of carboxylic acids is 1. The zero-order valence-corrected chi connectivity index (χ0v) is 12.3. The zero-order chi connectivity index (χ0) is 15.6. The van der Waals surface area contributed by atoms with E-state index < -0.39 is 22.0 Å². The van der Waals surface area contributed by atoms with Crippen molar-refractivity contribution < 1.29 is 22.7 Å². The molecule has 2 rings (SSSR count). The molecule has 2 N–H and O–H groups in total. The minimum absolute atomic E-state index is 0.0384. The van der Waals surface area contributed by atoms with E-state index in [0.29, 0.717) is 11.3 Å². The highest BCUT2D eigenvalue weighted by Gasteiger charge is 2.21. The molecule has 0 bridgehead atoms. The molecule has 112 valence electrons. The summed E-state index contributed by atoms with van der Waals surface area (Å²) in [5.41, 5.74) is 0.462. The Kier molecular flexibility index (Phi) is 4.15. The summed E-state index contributed by atoms with van der Waals surface area (Å²) in [6.07, 6.45) is 1.45. The molecular weight excluding hydrogens is 294 g/mol. The number of benzene rings is 1. The van der Waals surface area contributed by atoms with Crippen molar-refractivity contribution in [2.24, 2.45) is 0 Å². The fourth-order valence-corrected chi connectivity index (χ4v) is 3.13. The van der Waals surface area contributed by atoms with Crippen molar-refractivity contribution in [3.05, 3.63) is 53.5 Å². The van der Waals surface area contributed by atoms with E-state index in [1.54, 1.807) is 26.0 Å². The van der Waals surface area contributed by atoms with E-state index in [4.69, 9.17) is 9.52 Å². The van der Waals surface area contributed by atoms with E-state index in [9.17, 15) is 13.2 Å². The lowest BCUT2D eigenvalue weighted by Crippen LogP contribution is -2.27. The molecule has 6 nitrogen and oxygen atoms in total. The number of furan rings is 1. The van der Waals surface area contributed by atoms with Gasteiger partial charge in [0.05, 0.1) is 22.8 Å². The Hall–Kier alpha value is -2.12. The largest absolute Gasteiger partial charge is 0.478 e. The maximum atomic E-state index is 12.3. The third-order valence-corrected chi connectivity index (χ3v) is 4.59. The van der Waals surface area contributed by atoms with Gasteiger partial charge in [-0.2, -0.15) is 0 Å². The Morgan fingerprint density at radius 2 is 2.05 bits per heavy atom.